The summed E-state index contributed by atoms with van der Waals surface area (Å²) in [5, 5.41) is 2.71. The lowest BCUT2D eigenvalue weighted by molar-refractivity contribution is -0.147. The molecule has 0 fully saturated rings. The van der Waals surface area contributed by atoms with Crippen molar-refractivity contribution in [3.8, 4) is 11.8 Å². The first kappa shape index (κ1) is 22.6. The minimum absolute atomic E-state index is 0.0279. The van der Waals surface area contributed by atoms with Gasteiger partial charge < -0.3 is 19.8 Å². The number of carbonyl (C=O) groups is 2. The number of hydrogen-bond donors (Lipinski definition) is 2. The number of aromatic nitrogens is 2. The molecule has 0 aliphatic heterocycles. The number of carbonyl (C=O) groups excluding carboxylic acids is 2. The normalized spacial score (nSPS) is 11.8. The highest BCUT2D eigenvalue weighted by atomic mass is 35.5. The lowest BCUT2D eigenvalue weighted by Gasteiger charge is -2.22. The van der Waals surface area contributed by atoms with E-state index in [-0.39, 0.29) is 23.5 Å². The van der Waals surface area contributed by atoms with Gasteiger partial charge in [0.05, 0.1) is 0 Å². The molecule has 9 heteroatoms. The lowest BCUT2D eigenvalue weighted by Crippen LogP contribution is -2.44. The molecule has 0 aliphatic rings. The number of amides is 1. The minimum Gasteiger partial charge on any atom is -0.459 e. The van der Waals surface area contributed by atoms with Crippen molar-refractivity contribution >= 4 is 35.3 Å². The summed E-state index contributed by atoms with van der Waals surface area (Å²) in [5.74, 6) is 4.86. The van der Waals surface area contributed by atoms with Crippen LogP contribution >= 0.6 is 23.2 Å². The van der Waals surface area contributed by atoms with Crippen LogP contribution in [0.25, 0.3) is 0 Å². The Balaban J connectivity index is 2.06. The van der Waals surface area contributed by atoms with E-state index in [9.17, 15) is 9.59 Å². The van der Waals surface area contributed by atoms with Gasteiger partial charge >= 0.3 is 12.1 Å². The molecule has 2 aromatic rings. The Labute approximate surface area is 179 Å². The van der Waals surface area contributed by atoms with Crippen LogP contribution in [0, 0.1) is 11.8 Å². The number of halogens is 2. The van der Waals surface area contributed by atoms with Crippen LogP contribution in [0.2, 0.25) is 10.4 Å². The predicted octanol–water partition coefficient (Wildman–Crippen LogP) is 4.09. The summed E-state index contributed by atoms with van der Waals surface area (Å²) in [6.07, 6.45) is -0.775. The smallest absolute Gasteiger partial charge is 0.408 e. The van der Waals surface area contributed by atoms with E-state index in [0.29, 0.717) is 5.69 Å². The Morgan fingerprint density at radius 3 is 2.52 bits per heavy atom. The zero-order chi connectivity index (χ0) is 21.4. The molecule has 0 saturated carbocycles. The highest BCUT2D eigenvalue weighted by Crippen LogP contribution is 2.14. The maximum Gasteiger partial charge on any atom is 0.408 e. The third-order valence-electron chi connectivity index (χ3n) is 3.35. The molecule has 1 aromatic carbocycles. The molecule has 1 unspecified atom stereocenters. The van der Waals surface area contributed by atoms with Crippen molar-refractivity contribution in [1.82, 2.24) is 15.3 Å². The van der Waals surface area contributed by atoms with Gasteiger partial charge in [-0.25, -0.2) is 14.6 Å². The van der Waals surface area contributed by atoms with Crippen LogP contribution in [0.15, 0.2) is 30.3 Å². The minimum atomic E-state index is -1.03. The van der Waals surface area contributed by atoms with Gasteiger partial charge in [0.25, 0.3) is 0 Å². The van der Waals surface area contributed by atoms with Crippen LogP contribution in [-0.4, -0.2) is 33.7 Å². The van der Waals surface area contributed by atoms with Gasteiger partial charge in [0, 0.05) is 6.42 Å². The molecule has 0 aliphatic carbocycles. The molecular formula is C20H21Cl2N3O4. The Bertz CT molecular complexity index is 911. The Hall–Kier alpha value is -2.69. The van der Waals surface area contributed by atoms with Crippen LogP contribution in [0.3, 0.4) is 0 Å². The molecule has 0 saturated heterocycles. The summed E-state index contributed by atoms with van der Waals surface area (Å²) in [4.78, 5) is 31.1. The zero-order valence-electron chi connectivity index (χ0n) is 16.2. The molecule has 2 N–H and O–H groups in total. The van der Waals surface area contributed by atoms with E-state index in [1.54, 1.807) is 20.8 Å². The van der Waals surface area contributed by atoms with E-state index in [0.717, 1.165) is 5.56 Å². The number of rotatable bonds is 5. The molecule has 7 nitrogen and oxygen atoms in total. The van der Waals surface area contributed by atoms with E-state index in [1.165, 1.54) is 0 Å². The van der Waals surface area contributed by atoms with Crippen LogP contribution in [0.1, 0.15) is 38.4 Å². The van der Waals surface area contributed by atoms with Gasteiger partial charge in [-0.05, 0) is 43.9 Å². The van der Waals surface area contributed by atoms with Gasteiger partial charge in [-0.3, -0.25) is 0 Å². The van der Waals surface area contributed by atoms with Gasteiger partial charge in [-0.1, -0.05) is 47.9 Å². The van der Waals surface area contributed by atoms with Crippen LogP contribution in [-0.2, 0) is 20.9 Å². The fraction of sp³-hybridized carbons (Fsp3) is 0.350. The van der Waals surface area contributed by atoms with Gasteiger partial charge in [-0.2, -0.15) is 0 Å². The number of hydrogen-bond acceptors (Lipinski definition) is 5. The molecular weight excluding hydrogens is 417 g/mol. The topological polar surface area (TPSA) is 93.3 Å². The first-order valence-electron chi connectivity index (χ1n) is 8.74. The molecule has 29 heavy (non-hydrogen) atoms. The van der Waals surface area contributed by atoms with Gasteiger partial charge in [0.2, 0.25) is 5.28 Å². The Morgan fingerprint density at radius 2 is 1.93 bits per heavy atom. The Kier molecular flexibility index (Phi) is 7.94. The van der Waals surface area contributed by atoms with Gasteiger partial charge in [-0.15, -0.1) is 0 Å². The van der Waals surface area contributed by atoms with Crippen molar-refractivity contribution in [3.63, 3.8) is 0 Å². The molecule has 1 heterocycles. The van der Waals surface area contributed by atoms with Crippen molar-refractivity contribution in [2.45, 2.75) is 45.4 Å². The van der Waals surface area contributed by atoms with E-state index in [2.05, 4.69) is 27.1 Å². The number of esters is 1. The summed E-state index contributed by atoms with van der Waals surface area (Å²) in [6, 6.07) is 8.16. The molecule has 154 valence electrons. The average Bonchev–Trinajstić information content (AvgIpc) is 2.95. The summed E-state index contributed by atoms with van der Waals surface area (Å²) in [5.41, 5.74) is 0.418. The molecule has 1 atom stereocenters. The quantitative estimate of drug-likeness (QED) is 0.542. The molecule has 1 aromatic heterocycles. The third-order valence-corrected chi connectivity index (χ3v) is 3.80. The average molecular weight is 438 g/mol. The first-order valence-corrected chi connectivity index (χ1v) is 9.49. The molecule has 0 radical (unpaired) electrons. The van der Waals surface area contributed by atoms with Crippen molar-refractivity contribution < 1.29 is 19.1 Å². The standard InChI is InChI=1S/C20H21Cl2N3O4/c1-20(2,3)29-19(27)24-15(11-7-10-14-16(21)25-18(22)23-14)17(26)28-12-13-8-5-4-6-9-13/h4-6,8-9,15H,11-12H2,1-3H3,(H,23,25)(H,24,27). The predicted molar refractivity (Wildman–Crippen MR) is 109 cm³/mol. The number of imidazole rings is 1. The van der Waals surface area contributed by atoms with Crippen LogP contribution in [0.5, 0.6) is 0 Å². The Morgan fingerprint density at radius 1 is 1.24 bits per heavy atom. The van der Waals surface area contributed by atoms with Gasteiger partial charge in [0.15, 0.2) is 5.15 Å². The summed E-state index contributed by atoms with van der Waals surface area (Å²) >= 11 is 11.6. The fourth-order valence-electron chi connectivity index (χ4n) is 2.12. The summed E-state index contributed by atoms with van der Waals surface area (Å²) in [6.45, 7) is 5.23. The second-order valence-electron chi connectivity index (χ2n) is 6.99. The maximum absolute atomic E-state index is 12.5. The van der Waals surface area contributed by atoms with Crippen molar-refractivity contribution in [1.29, 1.82) is 0 Å². The van der Waals surface area contributed by atoms with Gasteiger partial charge in [0.1, 0.15) is 23.9 Å². The van der Waals surface area contributed by atoms with Crippen molar-refractivity contribution in [2.24, 2.45) is 0 Å². The van der Waals surface area contributed by atoms with E-state index >= 15 is 0 Å². The molecule has 0 bridgehead atoms. The molecule has 1 amide bonds. The fourth-order valence-corrected chi connectivity index (χ4v) is 2.52. The third kappa shape index (κ3) is 8.06. The molecule has 0 spiro atoms. The van der Waals surface area contributed by atoms with E-state index in [1.807, 2.05) is 30.3 Å². The van der Waals surface area contributed by atoms with Crippen molar-refractivity contribution in [3.05, 3.63) is 52.0 Å². The molecule has 2 rings (SSSR count). The second-order valence-corrected chi connectivity index (χ2v) is 7.71. The van der Waals surface area contributed by atoms with Crippen LogP contribution < -0.4 is 5.32 Å². The lowest BCUT2D eigenvalue weighted by atomic mass is 10.2. The number of nitrogens with zero attached hydrogens (tertiary/aromatic N) is 1. The number of nitrogens with one attached hydrogen (secondary N) is 2. The number of aromatic amines is 1. The number of alkyl carbamates (subject to hydrolysis) is 1. The maximum atomic E-state index is 12.5. The number of benzene rings is 1. The number of H-pyrrole nitrogens is 1. The van der Waals surface area contributed by atoms with E-state index in [4.69, 9.17) is 32.7 Å². The first-order chi connectivity index (χ1) is 13.6. The summed E-state index contributed by atoms with van der Waals surface area (Å²) < 4.78 is 10.5. The summed E-state index contributed by atoms with van der Waals surface area (Å²) in [7, 11) is 0. The largest absolute Gasteiger partial charge is 0.459 e. The van der Waals surface area contributed by atoms with E-state index < -0.39 is 23.7 Å². The highest BCUT2D eigenvalue weighted by Gasteiger charge is 2.25. The second kappa shape index (κ2) is 10.2. The van der Waals surface area contributed by atoms with Crippen molar-refractivity contribution in [2.75, 3.05) is 0 Å². The highest BCUT2D eigenvalue weighted by molar-refractivity contribution is 6.33. The monoisotopic (exact) mass is 437 g/mol. The number of ether oxygens (including phenoxy) is 2. The SMILES string of the molecule is CC(C)(C)OC(=O)NC(CC#Cc1[nH]c(Cl)nc1Cl)C(=O)OCc1ccccc1. The van der Waals surface area contributed by atoms with Crippen LogP contribution in [0.4, 0.5) is 4.79 Å². The zero-order valence-corrected chi connectivity index (χ0v) is 17.7.